The average Bonchev–Trinajstić information content (AvgIpc) is 2.76. The number of sulfonamides is 1. The van der Waals surface area contributed by atoms with E-state index in [1.807, 2.05) is 17.8 Å². The highest BCUT2D eigenvalue weighted by Crippen LogP contribution is 2.24. The maximum Gasteiger partial charge on any atom is 0.214 e. The molecule has 1 aliphatic heterocycles. The molecule has 7 heteroatoms. The standard InChI is InChI=1S/C11H20N4O2S/c1-2-9-18(16,17)14-6-3-10(4-7-14)15-8-5-11(12)13-15/h5,8,10H,2-4,6-7,9H2,1H3,(H2,12,13). The van der Waals surface area contributed by atoms with Crippen LogP contribution in [0.5, 0.6) is 0 Å². The van der Waals surface area contributed by atoms with Crippen molar-refractivity contribution in [2.24, 2.45) is 0 Å². The summed E-state index contributed by atoms with van der Waals surface area (Å²) in [6.45, 7) is 3.04. The molecule has 0 aliphatic carbocycles. The van der Waals surface area contributed by atoms with Gasteiger partial charge in [-0.15, -0.1) is 0 Å². The number of hydrogen-bond donors (Lipinski definition) is 1. The Hall–Kier alpha value is -1.08. The lowest BCUT2D eigenvalue weighted by atomic mass is 10.1. The Balaban J connectivity index is 1.96. The number of hydrogen-bond acceptors (Lipinski definition) is 4. The van der Waals surface area contributed by atoms with Gasteiger partial charge in [0.15, 0.2) is 0 Å². The first-order chi connectivity index (χ1) is 8.53. The van der Waals surface area contributed by atoms with Crippen molar-refractivity contribution in [3.63, 3.8) is 0 Å². The molecule has 2 heterocycles. The lowest BCUT2D eigenvalue weighted by Gasteiger charge is -2.31. The highest BCUT2D eigenvalue weighted by atomic mass is 32.2. The van der Waals surface area contributed by atoms with E-state index in [0.717, 1.165) is 12.8 Å². The third-order valence-corrected chi connectivity index (χ3v) is 5.36. The number of aromatic nitrogens is 2. The summed E-state index contributed by atoms with van der Waals surface area (Å²) in [5.74, 6) is 0.753. The first kappa shape index (κ1) is 13.4. The van der Waals surface area contributed by atoms with Crippen molar-refractivity contribution in [1.82, 2.24) is 14.1 Å². The average molecular weight is 272 g/mol. The quantitative estimate of drug-likeness (QED) is 0.880. The van der Waals surface area contributed by atoms with Crippen LogP contribution in [-0.4, -0.2) is 41.3 Å². The second kappa shape index (κ2) is 5.27. The summed E-state index contributed by atoms with van der Waals surface area (Å²) >= 11 is 0. The molecule has 2 rings (SSSR count). The SMILES string of the molecule is CCCS(=O)(=O)N1CCC(n2ccc(N)n2)CC1. The van der Waals surface area contributed by atoms with Gasteiger partial charge >= 0.3 is 0 Å². The van der Waals surface area contributed by atoms with Crippen molar-refractivity contribution in [1.29, 1.82) is 0 Å². The molecule has 0 atom stereocenters. The fourth-order valence-corrected chi connectivity index (χ4v) is 3.87. The van der Waals surface area contributed by atoms with Crippen LogP contribution < -0.4 is 5.73 Å². The monoisotopic (exact) mass is 272 g/mol. The molecule has 0 radical (unpaired) electrons. The minimum absolute atomic E-state index is 0.242. The Morgan fingerprint density at radius 1 is 1.44 bits per heavy atom. The highest BCUT2D eigenvalue weighted by Gasteiger charge is 2.28. The first-order valence-corrected chi connectivity index (χ1v) is 7.92. The van der Waals surface area contributed by atoms with Crippen LogP contribution in [0, 0.1) is 0 Å². The molecule has 18 heavy (non-hydrogen) atoms. The molecule has 0 amide bonds. The van der Waals surface area contributed by atoms with Gasteiger partial charge in [-0.2, -0.15) is 5.10 Å². The molecule has 0 spiro atoms. The van der Waals surface area contributed by atoms with E-state index >= 15 is 0 Å². The van der Waals surface area contributed by atoms with E-state index in [-0.39, 0.29) is 11.8 Å². The predicted octanol–water partition coefficient (Wildman–Crippen LogP) is 0.842. The minimum Gasteiger partial charge on any atom is -0.382 e. The summed E-state index contributed by atoms with van der Waals surface area (Å²) in [4.78, 5) is 0. The van der Waals surface area contributed by atoms with Gasteiger partial charge in [-0.3, -0.25) is 4.68 Å². The molecule has 0 saturated carbocycles. The van der Waals surface area contributed by atoms with Crippen molar-refractivity contribution in [2.75, 3.05) is 24.6 Å². The molecular formula is C11H20N4O2S. The van der Waals surface area contributed by atoms with E-state index in [1.165, 1.54) is 0 Å². The molecule has 1 aliphatic rings. The topological polar surface area (TPSA) is 81.2 Å². The summed E-state index contributed by atoms with van der Waals surface area (Å²) in [6.07, 6.45) is 4.11. The van der Waals surface area contributed by atoms with E-state index in [1.54, 1.807) is 10.4 Å². The number of nitrogen functional groups attached to an aromatic ring is 1. The molecule has 102 valence electrons. The van der Waals surface area contributed by atoms with Crippen molar-refractivity contribution in [3.8, 4) is 0 Å². The van der Waals surface area contributed by atoms with Crippen molar-refractivity contribution in [3.05, 3.63) is 12.3 Å². The largest absolute Gasteiger partial charge is 0.382 e. The van der Waals surface area contributed by atoms with Crippen molar-refractivity contribution in [2.45, 2.75) is 32.2 Å². The molecular weight excluding hydrogens is 252 g/mol. The van der Waals surface area contributed by atoms with Gasteiger partial charge in [0.05, 0.1) is 11.8 Å². The summed E-state index contributed by atoms with van der Waals surface area (Å²) < 4.78 is 27.3. The van der Waals surface area contributed by atoms with E-state index in [0.29, 0.717) is 25.3 Å². The number of anilines is 1. The van der Waals surface area contributed by atoms with Gasteiger partial charge in [0.25, 0.3) is 0 Å². The van der Waals surface area contributed by atoms with Crippen molar-refractivity contribution >= 4 is 15.8 Å². The van der Waals surface area contributed by atoms with E-state index in [4.69, 9.17) is 5.73 Å². The van der Waals surface area contributed by atoms with Crippen molar-refractivity contribution < 1.29 is 8.42 Å². The van der Waals surface area contributed by atoms with Gasteiger partial charge in [0, 0.05) is 19.3 Å². The smallest absolute Gasteiger partial charge is 0.214 e. The molecule has 1 fully saturated rings. The Morgan fingerprint density at radius 2 is 2.11 bits per heavy atom. The van der Waals surface area contributed by atoms with Gasteiger partial charge in [-0.1, -0.05) is 6.92 Å². The zero-order valence-electron chi connectivity index (χ0n) is 10.6. The third-order valence-electron chi connectivity index (χ3n) is 3.28. The fourth-order valence-electron chi connectivity index (χ4n) is 2.33. The highest BCUT2D eigenvalue weighted by molar-refractivity contribution is 7.89. The maximum absolute atomic E-state index is 11.9. The number of nitrogens with zero attached hydrogens (tertiary/aromatic N) is 3. The van der Waals surface area contributed by atoms with Crippen LogP contribution in [0.15, 0.2) is 12.3 Å². The molecule has 1 saturated heterocycles. The Labute approximate surface area is 108 Å². The normalized spacial score (nSPS) is 19.2. The maximum atomic E-state index is 11.9. The molecule has 0 unspecified atom stereocenters. The molecule has 1 aromatic rings. The molecule has 0 bridgehead atoms. The van der Waals surface area contributed by atoms with Crippen LogP contribution in [0.1, 0.15) is 32.2 Å². The lowest BCUT2D eigenvalue weighted by molar-refractivity contribution is 0.261. The fraction of sp³-hybridized carbons (Fsp3) is 0.727. The second-order valence-corrected chi connectivity index (χ2v) is 6.76. The first-order valence-electron chi connectivity index (χ1n) is 6.31. The zero-order chi connectivity index (χ0) is 13.2. The summed E-state index contributed by atoms with van der Waals surface area (Å²) in [5.41, 5.74) is 5.58. The summed E-state index contributed by atoms with van der Waals surface area (Å²) in [5, 5.41) is 4.18. The molecule has 2 N–H and O–H groups in total. The Bertz CT molecular complexity index is 489. The Kier molecular flexibility index (Phi) is 3.91. The van der Waals surface area contributed by atoms with E-state index in [2.05, 4.69) is 5.10 Å². The van der Waals surface area contributed by atoms with Gasteiger partial charge in [-0.25, -0.2) is 12.7 Å². The number of nitrogens with two attached hydrogens (primary N) is 1. The number of rotatable bonds is 4. The van der Waals surface area contributed by atoms with Gasteiger partial charge < -0.3 is 5.73 Å². The van der Waals surface area contributed by atoms with Gasteiger partial charge in [0.2, 0.25) is 10.0 Å². The van der Waals surface area contributed by atoms with Crippen LogP contribution >= 0.6 is 0 Å². The third kappa shape index (κ3) is 2.84. The van der Waals surface area contributed by atoms with Crippen LogP contribution in [-0.2, 0) is 10.0 Å². The zero-order valence-corrected chi connectivity index (χ0v) is 11.4. The van der Waals surface area contributed by atoms with Gasteiger partial charge in [0.1, 0.15) is 5.82 Å². The lowest BCUT2D eigenvalue weighted by Crippen LogP contribution is -2.40. The van der Waals surface area contributed by atoms with Crippen LogP contribution in [0.25, 0.3) is 0 Å². The van der Waals surface area contributed by atoms with Crippen LogP contribution in [0.2, 0.25) is 0 Å². The Morgan fingerprint density at radius 3 is 2.61 bits per heavy atom. The molecule has 1 aromatic heterocycles. The summed E-state index contributed by atoms with van der Waals surface area (Å²) in [6, 6.07) is 2.02. The van der Waals surface area contributed by atoms with Crippen LogP contribution in [0.4, 0.5) is 5.82 Å². The van der Waals surface area contributed by atoms with E-state index in [9.17, 15) is 8.42 Å². The van der Waals surface area contributed by atoms with E-state index < -0.39 is 10.0 Å². The molecule has 0 aromatic carbocycles. The minimum atomic E-state index is -3.05. The summed E-state index contributed by atoms with van der Waals surface area (Å²) in [7, 11) is -3.05. The van der Waals surface area contributed by atoms with Gasteiger partial charge in [-0.05, 0) is 25.3 Å². The second-order valence-electron chi connectivity index (χ2n) is 4.67. The van der Waals surface area contributed by atoms with Crippen LogP contribution in [0.3, 0.4) is 0 Å². The number of piperidine rings is 1. The molecule has 6 nitrogen and oxygen atoms in total. The predicted molar refractivity (Wildman–Crippen MR) is 70.6 cm³/mol.